The fraction of sp³-hybridized carbons (Fsp3) is 0.333. The number of anilines is 1. The van der Waals surface area contributed by atoms with Crippen LogP contribution in [-0.4, -0.2) is 35.2 Å². The summed E-state index contributed by atoms with van der Waals surface area (Å²) in [5.41, 5.74) is 5.23. The SMILES string of the molecule is CCOc1ccccc1N1CC(c2nc3ccccc3n2CCCOc2cc(C)ccc2C)CC1=O. The maximum absolute atomic E-state index is 13.1. The summed E-state index contributed by atoms with van der Waals surface area (Å²) >= 11 is 0. The Kier molecular flexibility index (Phi) is 6.94. The van der Waals surface area contributed by atoms with Gasteiger partial charge in [-0.2, -0.15) is 0 Å². The van der Waals surface area contributed by atoms with Gasteiger partial charge in [-0.1, -0.05) is 36.4 Å². The summed E-state index contributed by atoms with van der Waals surface area (Å²) in [5.74, 6) is 2.76. The molecule has 1 saturated heterocycles. The van der Waals surface area contributed by atoms with Gasteiger partial charge < -0.3 is 18.9 Å². The average Bonchev–Trinajstić information content (AvgIpc) is 3.45. The number of fused-ring (bicyclic) bond motifs is 1. The zero-order chi connectivity index (χ0) is 25.1. The van der Waals surface area contributed by atoms with E-state index in [2.05, 4.69) is 42.7 Å². The summed E-state index contributed by atoms with van der Waals surface area (Å²) in [6, 6.07) is 22.3. The molecule has 0 bridgehead atoms. The molecule has 0 saturated carbocycles. The number of carbonyl (C=O) groups is 1. The van der Waals surface area contributed by atoms with E-state index in [9.17, 15) is 4.79 Å². The van der Waals surface area contributed by atoms with Crippen LogP contribution in [0.2, 0.25) is 0 Å². The second-order valence-corrected chi connectivity index (χ2v) is 9.39. The van der Waals surface area contributed by atoms with E-state index in [1.54, 1.807) is 0 Å². The summed E-state index contributed by atoms with van der Waals surface area (Å²) in [6.07, 6.45) is 1.28. The van der Waals surface area contributed by atoms with Crippen molar-refractivity contribution in [2.75, 3.05) is 24.7 Å². The van der Waals surface area contributed by atoms with Crippen molar-refractivity contribution < 1.29 is 14.3 Å². The lowest BCUT2D eigenvalue weighted by atomic mass is 10.1. The number of aryl methyl sites for hydroxylation is 3. The van der Waals surface area contributed by atoms with E-state index in [-0.39, 0.29) is 11.8 Å². The maximum atomic E-state index is 13.1. The minimum absolute atomic E-state index is 0.0134. The molecule has 0 radical (unpaired) electrons. The average molecular weight is 484 g/mol. The molecule has 186 valence electrons. The Morgan fingerprint density at radius 2 is 1.78 bits per heavy atom. The Labute approximate surface area is 212 Å². The maximum Gasteiger partial charge on any atom is 0.227 e. The second kappa shape index (κ2) is 10.4. The van der Waals surface area contributed by atoms with Crippen molar-refractivity contribution in [1.82, 2.24) is 9.55 Å². The molecule has 1 aromatic heterocycles. The van der Waals surface area contributed by atoms with Gasteiger partial charge in [-0.25, -0.2) is 4.98 Å². The Hall–Kier alpha value is -3.80. The first-order valence-electron chi connectivity index (χ1n) is 12.7. The number of nitrogens with zero attached hydrogens (tertiary/aromatic N) is 3. The third kappa shape index (κ3) is 4.81. The van der Waals surface area contributed by atoms with Crippen molar-refractivity contribution in [1.29, 1.82) is 0 Å². The van der Waals surface area contributed by atoms with Gasteiger partial charge in [-0.15, -0.1) is 0 Å². The van der Waals surface area contributed by atoms with Crippen LogP contribution in [-0.2, 0) is 11.3 Å². The molecule has 1 amide bonds. The topological polar surface area (TPSA) is 56.6 Å². The van der Waals surface area contributed by atoms with E-state index in [1.165, 1.54) is 5.56 Å². The monoisotopic (exact) mass is 483 g/mol. The molecule has 5 rings (SSSR count). The molecular weight excluding hydrogens is 450 g/mol. The molecule has 1 aliphatic rings. The number of aromatic nitrogens is 2. The zero-order valence-electron chi connectivity index (χ0n) is 21.2. The minimum Gasteiger partial charge on any atom is -0.493 e. The van der Waals surface area contributed by atoms with Gasteiger partial charge in [-0.3, -0.25) is 4.79 Å². The molecular formula is C30H33N3O3. The van der Waals surface area contributed by atoms with Crippen LogP contribution in [0, 0.1) is 13.8 Å². The smallest absolute Gasteiger partial charge is 0.227 e. The number of benzene rings is 3. The Morgan fingerprint density at radius 1 is 0.972 bits per heavy atom. The van der Waals surface area contributed by atoms with Crippen LogP contribution in [0.15, 0.2) is 66.7 Å². The summed E-state index contributed by atoms with van der Waals surface area (Å²) < 4.78 is 14.2. The van der Waals surface area contributed by atoms with Crippen LogP contribution in [0.3, 0.4) is 0 Å². The lowest BCUT2D eigenvalue weighted by Crippen LogP contribution is -2.25. The van der Waals surface area contributed by atoms with E-state index in [0.29, 0.717) is 26.2 Å². The molecule has 4 aromatic rings. The van der Waals surface area contributed by atoms with Crippen molar-refractivity contribution in [3.63, 3.8) is 0 Å². The molecule has 36 heavy (non-hydrogen) atoms. The molecule has 6 nitrogen and oxygen atoms in total. The molecule has 0 aliphatic carbocycles. The largest absolute Gasteiger partial charge is 0.493 e. The summed E-state index contributed by atoms with van der Waals surface area (Å²) in [5, 5.41) is 0. The van der Waals surface area contributed by atoms with Crippen LogP contribution in [0.25, 0.3) is 11.0 Å². The van der Waals surface area contributed by atoms with Gasteiger partial charge in [0.1, 0.15) is 17.3 Å². The quantitative estimate of drug-likeness (QED) is 0.272. The first kappa shape index (κ1) is 23.9. The molecule has 3 aromatic carbocycles. The van der Waals surface area contributed by atoms with E-state index in [4.69, 9.17) is 14.5 Å². The molecule has 1 unspecified atom stereocenters. The van der Waals surface area contributed by atoms with Crippen molar-refractivity contribution in [2.24, 2.45) is 0 Å². The van der Waals surface area contributed by atoms with Crippen LogP contribution in [0.4, 0.5) is 5.69 Å². The number of imidazole rings is 1. The normalized spacial score (nSPS) is 15.6. The zero-order valence-corrected chi connectivity index (χ0v) is 21.2. The predicted octanol–water partition coefficient (Wildman–Crippen LogP) is 6.04. The molecule has 2 heterocycles. The van der Waals surface area contributed by atoms with Crippen molar-refractivity contribution in [2.45, 2.75) is 46.1 Å². The molecule has 1 atom stereocenters. The number of amides is 1. The van der Waals surface area contributed by atoms with Crippen LogP contribution >= 0.6 is 0 Å². The van der Waals surface area contributed by atoms with Crippen LogP contribution in [0.1, 0.15) is 42.6 Å². The van der Waals surface area contributed by atoms with E-state index < -0.39 is 0 Å². The van der Waals surface area contributed by atoms with Crippen LogP contribution in [0.5, 0.6) is 11.5 Å². The summed E-state index contributed by atoms with van der Waals surface area (Å²) in [6.45, 7) is 8.65. The van der Waals surface area contributed by atoms with Gasteiger partial charge in [0.05, 0.1) is 29.9 Å². The Balaban J connectivity index is 1.36. The molecule has 0 N–H and O–H groups in total. The van der Waals surface area contributed by atoms with Crippen molar-refractivity contribution in [3.05, 3.63) is 83.7 Å². The van der Waals surface area contributed by atoms with Gasteiger partial charge in [0, 0.05) is 25.4 Å². The number of hydrogen-bond donors (Lipinski definition) is 0. The van der Waals surface area contributed by atoms with Gasteiger partial charge in [0.2, 0.25) is 5.91 Å². The fourth-order valence-corrected chi connectivity index (χ4v) is 4.98. The summed E-state index contributed by atoms with van der Waals surface area (Å²) in [7, 11) is 0. The fourth-order valence-electron chi connectivity index (χ4n) is 4.98. The van der Waals surface area contributed by atoms with E-state index >= 15 is 0 Å². The second-order valence-electron chi connectivity index (χ2n) is 9.39. The first-order chi connectivity index (χ1) is 17.5. The lowest BCUT2D eigenvalue weighted by molar-refractivity contribution is -0.117. The highest BCUT2D eigenvalue weighted by molar-refractivity contribution is 5.97. The molecule has 1 fully saturated rings. The molecule has 6 heteroatoms. The van der Waals surface area contributed by atoms with E-state index in [1.807, 2.05) is 54.3 Å². The third-order valence-electron chi connectivity index (χ3n) is 6.76. The highest BCUT2D eigenvalue weighted by Crippen LogP contribution is 2.37. The number of para-hydroxylation sites is 4. The third-order valence-corrected chi connectivity index (χ3v) is 6.76. The Morgan fingerprint density at radius 3 is 2.64 bits per heavy atom. The number of carbonyl (C=O) groups excluding carboxylic acids is 1. The van der Waals surface area contributed by atoms with Crippen molar-refractivity contribution in [3.8, 4) is 11.5 Å². The molecule has 0 spiro atoms. The lowest BCUT2D eigenvalue weighted by Gasteiger charge is -2.20. The summed E-state index contributed by atoms with van der Waals surface area (Å²) in [4.78, 5) is 20.0. The van der Waals surface area contributed by atoms with Gasteiger partial charge >= 0.3 is 0 Å². The van der Waals surface area contributed by atoms with E-state index in [0.717, 1.165) is 52.6 Å². The standard InChI is InChI=1S/C30H33N3O3/c1-4-35-27-13-8-7-12-26(27)33-20-23(19-29(33)34)30-31-24-10-5-6-11-25(24)32(30)16-9-17-36-28-18-21(2)14-15-22(28)3/h5-8,10-15,18,23H,4,9,16-17,19-20H2,1-3H3. The van der Waals surface area contributed by atoms with Crippen LogP contribution < -0.4 is 14.4 Å². The highest BCUT2D eigenvalue weighted by atomic mass is 16.5. The van der Waals surface area contributed by atoms with Crippen molar-refractivity contribution >= 4 is 22.6 Å². The first-order valence-corrected chi connectivity index (χ1v) is 12.7. The van der Waals surface area contributed by atoms with Gasteiger partial charge in [0.15, 0.2) is 0 Å². The van der Waals surface area contributed by atoms with Gasteiger partial charge in [-0.05, 0) is 68.7 Å². The minimum atomic E-state index is 0.0134. The number of hydrogen-bond acceptors (Lipinski definition) is 4. The number of ether oxygens (including phenoxy) is 2. The highest BCUT2D eigenvalue weighted by Gasteiger charge is 2.35. The van der Waals surface area contributed by atoms with Gasteiger partial charge in [0.25, 0.3) is 0 Å². The predicted molar refractivity (Wildman–Crippen MR) is 143 cm³/mol. The Bertz CT molecular complexity index is 1380. The molecule has 1 aliphatic heterocycles. The number of rotatable bonds is 9.